The number of aromatic nitrogens is 1. The van der Waals surface area contributed by atoms with Crippen LogP contribution < -0.4 is 19.4 Å². The molecule has 154 valence electrons. The molecule has 4 nitrogen and oxygen atoms in total. The zero-order valence-corrected chi connectivity index (χ0v) is 18.5. The van der Waals surface area contributed by atoms with Crippen molar-refractivity contribution in [2.75, 3.05) is 19.5 Å². The second-order valence-corrected chi connectivity index (χ2v) is 8.40. The number of benzene rings is 3. The van der Waals surface area contributed by atoms with Gasteiger partial charge in [-0.3, -0.25) is 0 Å². The molecule has 0 spiro atoms. The fourth-order valence-electron chi connectivity index (χ4n) is 4.02. The van der Waals surface area contributed by atoms with Crippen LogP contribution in [0.15, 0.2) is 72.9 Å². The van der Waals surface area contributed by atoms with E-state index in [0.717, 1.165) is 28.3 Å². The number of methoxy groups -OCH3 is 2. The van der Waals surface area contributed by atoms with E-state index in [9.17, 15) is 0 Å². The lowest BCUT2D eigenvalue weighted by Gasteiger charge is -2.14. The second-order valence-electron chi connectivity index (χ2n) is 7.34. The van der Waals surface area contributed by atoms with Gasteiger partial charge in [0, 0.05) is 29.6 Å². The van der Waals surface area contributed by atoms with Gasteiger partial charge in [-0.2, -0.15) is 4.57 Å². The van der Waals surface area contributed by atoms with E-state index in [4.69, 9.17) is 9.47 Å². The standard InChI is InChI=1S/C26H22N2O2S/c1-28-21-12-11-18(26-22(29-2)9-6-10-23(26)30-3)15-24(21)31-25(28)16-17-13-14-27-20-8-5-4-7-19(17)20/h4-16H,1-3H3/p+1. The Balaban J connectivity index is 1.63. The number of allylic oxidation sites excluding steroid dienone is 2. The molecule has 0 fully saturated rings. The van der Waals surface area contributed by atoms with E-state index in [0.29, 0.717) is 0 Å². The molecule has 0 amide bonds. The predicted molar refractivity (Wildman–Crippen MR) is 129 cm³/mol. The molecule has 0 aliphatic carbocycles. The molecule has 0 saturated carbocycles. The first-order valence-electron chi connectivity index (χ1n) is 10.1. The second kappa shape index (κ2) is 7.93. The minimum atomic E-state index is 0.804. The molecule has 0 saturated heterocycles. The third kappa shape index (κ3) is 3.37. The van der Waals surface area contributed by atoms with Gasteiger partial charge in [0.25, 0.3) is 5.01 Å². The number of nitrogens with zero attached hydrogens (tertiary/aromatic N) is 1. The van der Waals surface area contributed by atoms with Gasteiger partial charge in [-0.1, -0.05) is 35.6 Å². The maximum absolute atomic E-state index is 5.61. The summed E-state index contributed by atoms with van der Waals surface area (Å²) in [5, 5.41) is 4.51. The molecule has 5 rings (SSSR count). The van der Waals surface area contributed by atoms with E-state index in [1.54, 1.807) is 25.6 Å². The van der Waals surface area contributed by atoms with Crippen LogP contribution in [0.4, 0.5) is 5.69 Å². The molecular weight excluding hydrogens is 404 g/mol. The summed E-state index contributed by atoms with van der Waals surface area (Å²) in [6.07, 6.45) is 6.37. The summed E-state index contributed by atoms with van der Waals surface area (Å²) in [6, 6.07) is 20.8. The highest BCUT2D eigenvalue weighted by molar-refractivity contribution is 7.19. The molecule has 1 aliphatic heterocycles. The Hall–Kier alpha value is -3.57. The lowest BCUT2D eigenvalue weighted by Crippen LogP contribution is -2.28. The number of fused-ring (bicyclic) bond motifs is 2. The van der Waals surface area contributed by atoms with Crippen LogP contribution in [0.1, 0.15) is 10.6 Å². The zero-order valence-electron chi connectivity index (χ0n) is 17.7. The van der Waals surface area contributed by atoms with Crippen molar-refractivity contribution in [1.29, 1.82) is 0 Å². The Bertz CT molecular complexity index is 1330. The lowest BCUT2D eigenvalue weighted by atomic mass is 10.0. The number of thiazole rings is 1. The van der Waals surface area contributed by atoms with Gasteiger partial charge < -0.3 is 14.8 Å². The molecule has 0 radical (unpaired) electrons. The predicted octanol–water partition coefficient (Wildman–Crippen LogP) is 5.89. The van der Waals surface area contributed by atoms with Gasteiger partial charge in [0.05, 0.1) is 19.8 Å². The largest absolute Gasteiger partial charge is 0.496 e. The van der Waals surface area contributed by atoms with Gasteiger partial charge >= 0.3 is 0 Å². The number of rotatable bonds is 4. The van der Waals surface area contributed by atoms with E-state index < -0.39 is 0 Å². The SMILES string of the molecule is COc1cccc(OC)c1-c1ccc2c(c1)sc(C=C1C=CNc3ccccc31)[n+]2C. The molecule has 5 heteroatoms. The quantitative estimate of drug-likeness (QED) is 0.413. The van der Waals surface area contributed by atoms with Crippen LogP contribution in [0.2, 0.25) is 0 Å². The summed E-state index contributed by atoms with van der Waals surface area (Å²) in [4.78, 5) is 0. The highest BCUT2D eigenvalue weighted by atomic mass is 32.1. The number of aryl methyl sites for hydroxylation is 1. The molecule has 4 aromatic rings. The first kappa shape index (κ1) is 19.4. The Labute approximate surface area is 185 Å². The summed E-state index contributed by atoms with van der Waals surface area (Å²) in [5.74, 6) is 1.61. The van der Waals surface area contributed by atoms with Gasteiger partial charge in [-0.15, -0.1) is 0 Å². The third-order valence-corrected chi connectivity index (χ3v) is 6.75. The smallest absolute Gasteiger partial charge is 0.263 e. The fourth-order valence-corrected chi connectivity index (χ4v) is 5.16. The third-order valence-electron chi connectivity index (χ3n) is 5.60. The number of nitrogens with one attached hydrogen (secondary N) is 1. The molecule has 1 aromatic heterocycles. The maximum Gasteiger partial charge on any atom is 0.263 e. The molecule has 0 unspecified atom stereocenters. The Morgan fingerprint density at radius 1 is 0.935 bits per heavy atom. The molecule has 31 heavy (non-hydrogen) atoms. The Morgan fingerprint density at radius 2 is 1.71 bits per heavy atom. The van der Waals surface area contributed by atoms with Crippen molar-refractivity contribution < 1.29 is 14.0 Å². The summed E-state index contributed by atoms with van der Waals surface area (Å²) in [5.41, 5.74) is 6.78. The van der Waals surface area contributed by atoms with Crippen molar-refractivity contribution in [3.8, 4) is 22.6 Å². The maximum atomic E-state index is 5.61. The Kier molecular flexibility index (Phi) is 4.96. The minimum absolute atomic E-state index is 0.804. The normalized spacial score (nSPS) is 13.8. The van der Waals surface area contributed by atoms with Crippen LogP contribution in [0.25, 0.3) is 33.0 Å². The Morgan fingerprint density at radius 3 is 2.48 bits per heavy atom. The summed E-state index contributed by atoms with van der Waals surface area (Å²) >= 11 is 1.78. The molecule has 1 N–H and O–H groups in total. The van der Waals surface area contributed by atoms with Gasteiger partial charge in [0.2, 0.25) is 5.52 Å². The number of ether oxygens (including phenoxy) is 2. The van der Waals surface area contributed by atoms with Gasteiger partial charge in [-0.25, -0.2) is 0 Å². The van der Waals surface area contributed by atoms with E-state index >= 15 is 0 Å². The van der Waals surface area contributed by atoms with Gasteiger partial charge in [0.15, 0.2) is 0 Å². The number of hydrogen-bond donors (Lipinski definition) is 1. The van der Waals surface area contributed by atoms with Crippen molar-refractivity contribution in [3.05, 3.63) is 83.5 Å². The first-order chi connectivity index (χ1) is 15.2. The monoisotopic (exact) mass is 427 g/mol. The zero-order chi connectivity index (χ0) is 21.4. The molecule has 2 heterocycles. The summed E-state index contributed by atoms with van der Waals surface area (Å²) in [7, 11) is 5.50. The molecular formula is C26H23N2O2S+. The molecule has 0 atom stereocenters. The van der Waals surface area contributed by atoms with E-state index in [2.05, 4.69) is 71.5 Å². The van der Waals surface area contributed by atoms with Crippen molar-refractivity contribution in [1.82, 2.24) is 0 Å². The number of hydrogen-bond acceptors (Lipinski definition) is 4. The van der Waals surface area contributed by atoms with E-state index in [1.807, 2.05) is 24.4 Å². The molecule has 3 aromatic carbocycles. The van der Waals surface area contributed by atoms with Crippen molar-refractivity contribution in [2.24, 2.45) is 7.05 Å². The average molecular weight is 428 g/mol. The van der Waals surface area contributed by atoms with Crippen LogP contribution in [0, 0.1) is 0 Å². The summed E-state index contributed by atoms with van der Waals surface area (Å²) < 4.78 is 14.7. The lowest BCUT2D eigenvalue weighted by molar-refractivity contribution is -0.642. The highest BCUT2D eigenvalue weighted by Gasteiger charge is 2.20. The minimum Gasteiger partial charge on any atom is -0.496 e. The van der Waals surface area contributed by atoms with Gasteiger partial charge in [0.1, 0.15) is 23.2 Å². The highest BCUT2D eigenvalue weighted by Crippen LogP contribution is 2.40. The van der Waals surface area contributed by atoms with Crippen LogP contribution in [-0.4, -0.2) is 14.2 Å². The fraction of sp³-hybridized carbons (Fsp3) is 0.115. The number of para-hydroxylation sites is 1. The van der Waals surface area contributed by atoms with E-state index in [-0.39, 0.29) is 0 Å². The molecule has 1 aliphatic rings. The van der Waals surface area contributed by atoms with E-state index in [1.165, 1.54) is 26.4 Å². The van der Waals surface area contributed by atoms with Gasteiger partial charge in [-0.05, 0) is 47.5 Å². The topological polar surface area (TPSA) is 34.4 Å². The molecule has 0 bridgehead atoms. The van der Waals surface area contributed by atoms with Crippen molar-refractivity contribution >= 4 is 38.9 Å². The average Bonchev–Trinajstić information content (AvgIpc) is 3.13. The van der Waals surface area contributed by atoms with Crippen LogP contribution in [0.5, 0.6) is 11.5 Å². The van der Waals surface area contributed by atoms with Crippen molar-refractivity contribution in [2.45, 2.75) is 0 Å². The van der Waals surface area contributed by atoms with Crippen LogP contribution in [-0.2, 0) is 7.05 Å². The van der Waals surface area contributed by atoms with Crippen molar-refractivity contribution in [3.63, 3.8) is 0 Å². The van der Waals surface area contributed by atoms with Crippen LogP contribution in [0.3, 0.4) is 0 Å². The summed E-state index contributed by atoms with van der Waals surface area (Å²) in [6.45, 7) is 0. The van der Waals surface area contributed by atoms with Crippen LogP contribution >= 0.6 is 11.3 Å². The number of anilines is 1. The first-order valence-corrected chi connectivity index (χ1v) is 10.9.